The number of rotatable bonds is 8. The van der Waals surface area contributed by atoms with E-state index in [-0.39, 0.29) is 43.5 Å². The van der Waals surface area contributed by atoms with Crippen molar-refractivity contribution in [1.29, 1.82) is 0 Å². The van der Waals surface area contributed by atoms with Gasteiger partial charge in [-0.25, -0.2) is 4.79 Å². The minimum absolute atomic E-state index is 0.0378. The van der Waals surface area contributed by atoms with E-state index in [0.717, 1.165) is 21.7 Å². The van der Waals surface area contributed by atoms with Gasteiger partial charge in [-0.05, 0) is 22.4 Å². The fraction of sp³-hybridized carbons (Fsp3) is 0.179. The molecule has 2 heterocycles. The molecule has 37 heavy (non-hydrogen) atoms. The Morgan fingerprint density at radius 1 is 1.05 bits per heavy atom. The van der Waals surface area contributed by atoms with E-state index < -0.39 is 11.2 Å². The number of nitrogens with one attached hydrogen (secondary N) is 1. The monoisotopic (exact) mass is 498 g/mol. The Morgan fingerprint density at radius 3 is 2.59 bits per heavy atom. The van der Waals surface area contributed by atoms with E-state index in [2.05, 4.69) is 4.98 Å². The van der Waals surface area contributed by atoms with Gasteiger partial charge in [-0.15, -0.1) is 0 Å². The van der Waals surface area contributed by atoms with Gasteiger partial charge >= 0.3 is 5.69 Å². The van der Waals surface area contributed by atoms with Crippen LogP contribution in [-0.4, -0.2) is 29.2 Å². The lowest BCUT2D eigenvalue weighted by Crippen LogP contribution is -2.41. The fourth-order valence-corrected chi connectivity index (χ4v) is 4.56. The van der Waals surface area contributed by atoms with E-state index in [9.17, 15) is 14.4 Å². The van der Waals surface area contributed by atoms with Crippen molar-refractivity contribution >= 4 is 39.2 Å². The van der Waals surface area contributed by atoms with Crippen molar-refractivity contribution in [3.05, 3.63) is 105 Å². The predicted octanol–water partition coefficient (Wildman–Crippen LogP) is 3.44. The maximum Gasteiger partial charge on any atom is 0.330 e. The highest BCUT2D eigenvalue weighted by atomic mass is 16.5. The first-order valence-electron chi connectivity index (χ1n) is 11.8. The molecule has 5 rings (SSSR count). The van der Waals surface area contributed by atoms with Gasteiger partial charge in [0.1, 0.15) is 11.4 Å². The lowest BCUT2D eigenvalue weighted by molar-refractivity contribution is -0.118. The summed E-state index contributed by atoms with van der Waals surface area (Å²) >= 11 is 0. The van der Waals surface area contributed by atoms with Crippen LogP contribution >= 0.6 is 0 Å². The normalized spacial score (nSPS) is 11.3. The lowest BCUT2D eigenvalue weighted by atomic mass is 10.0. The second-order valence-electron chi connectivity index (χ2n) is 8.70. The van der Waals surface area contributed by atoms with Crippen LogP contribution in [0.15, 0.2) is 87.0 Å². The maximum atomic E-state index is 13.9. The Balaban J connectivity index is 1.60. The van der Waals surface area contributed by atoms with Crippen LogP contribution in [0.1, 0.15) is 11.1 Å². The van der Waals surface area contributed by atoms with Gasteiger partial charge in [-0.2, -0.15) is 0 Å². The summed E-state index contributed by atoms with van der Waals surface area (Å²) in [4.78, 5) is 43.0. The summed E-state index contributed by atoms with van der Waals surface area (Å²) in [5.74, 6) is -0.466. The molecule has 0 unspecified atom stereocenters. The molecule has 0 bridgehead atoms. The molecule has 0 radical (unpaired) electrons. The molecule has 1 amide bonds. The van der Waals surface area contributed by atoms with Crippen molar-refractivity contribution in [3.63, 3.8) is 0 Å². The number of amides is 1. The molecule has 9 nitrogen and oxygen atoms in total. The number of methoxy groups -OCH3 is 1. The number of aromatic amines is 1. The first kappa shape index (κ1) is 24.1. The molecule has 2 aromatic heterocycles. The van der Waals surface area contributed by atoms with Gasteiger partial charge in [0, 0.05) is 18.1 Å². The molecule has 0 saturated heterocycles. The van der Waals surface area contributed by atoms with Gasteiger partial charge in [0.2, 0.25) is 5.91 Å². The summed E-state index contributed by atoms with van der Waals surface area (Å²) < 4.78 is 12.0. The summed E-state index contributed by atoms with van der Waals surface area (Å²) in [7, 11) is 1.50. The third-order valence-corrected chi connectivity index (χ3v) is 6.37. The molecule has 3 N–H and O–H groups in total. The molecule has 0 fully saturated rings. The van der Waals surface area contributed by atoms with Crippen LogP contribution in [0.2, 0.25) is 0 Å². The van der Waals surface area contributed by atoms with E-state index in [0.29, 0.717) is 11.1 Å². The number of carbonyl (C=O) groups is 1. The van der Waals surface area contributed by atoms with Crippen LogP contribution in [0.25, 0.3) is 21.7 Å². The quantitative estimate of drug-likeness (QED) is 0.338. The highest BCUT2D eigenvalue weighted by Crippen LogP contribution is 2.31. The second-order valence-corrected chi connectivity index (χ2v) is 8.70. The van der Waals surface area contributed by atoms with Gasteiger partial charge in [0.25, 0.3) is 5.56 Å². The zero-order valence-electron chi connectivity index (χ0n) is 20.3. The molecular weight excluding hydrogens is 472 g/mol. The van der Waals surface area contributed by atoms with Crippen LogP contribution in [0, 0.1) is 0 Å². The molecule has 0 aliphatic heterocycles. The van der Waals surface area contributed by atoms with Crippen molar-refractivity contribution in [1.82, 2.24) is 9.55 Å². The van der Waals surface area contributed by atoms with Crippen LogP contribution in [-0.2, 0) is 29.0 Å². The van der Waals surface area contributed by atoms with Gasteiger partial charge in [-0.3, -0.25) is 24.0 Å². The molecule has 188 valence electrons. The Labute approximate surface area is 211 Å². The Kier molecular flexibility index (Phi) is 6.61. The number of fused-ring (bicyclic) bond motifs is 3. The first-order chi connectivity index (χ1) is 18.0. The van der Waals surface area contributed by atoms with Gasteiger partial charge < -0.3 is 14.9 Å². The molecule has 0 saturated carbocycles. The minimum atomic E-state index is -0.733. The van der Waals surface area contributed by atoms with Gasteiger partial charge in [0.05, 0.1) is 32.4 Å². The number of anilines is 2. The average molecular weight is 499 g/mol. The number of carbonyl (C=O) groups excluding carboxylic acids is 1. The van der Waals surface area contributed by atoms with E-state index in [1.165, 1.54) is 16.6 Å². The van der Waals surface area contributed by atoms with Crippen molar-refractivity contribution in [2.24, 2.45) is 0 Å². The number of hydrogen-bond donors (Lipinski definition) is 2. The highest BCUT2D eigenvalue weighted by molar-refractivity contribution is 6.09. The molecular formula is C28H26N4O5. The molecule has 0 aliphatic rings. The number of furan rings is 1. The van der Waals surface area contributed by atoms with Crippen LogP contribution in [0.3, 0.4) is 0 Å². The second kappa shape index (κ2) is 10.2. The number of nitrogens with zero attached hydrogens (tertiary/aromatic N) is 2. The number of hydrogen-bond acceptors (Lipinski definition) is 6. The third-order valence-electron chi connectivity index (χ3n) is 6.37. The summed E-state index contributed by atoms with van der Waals surface area (Å²) in [5.41, 5.74) is 7.01. The first-order valence-corrected chi connectivity index (χ1v) is 11.8. The molecule has 9 heteroatoms. The number of aromatic nitrogens is 2. The zero-order chi connectivity index (χ0) is 25.9. The van der Waals surface area contributed by atoms with Crippen LogP contribution < -0.4 is 21.9 Å². The van der Waals surface area contributed by atoms with E-state index in [1.807, 2.05) is 66.7 Å². The summed E-state index contributed by atoms with van der Waals surface area (Å²) in [6.07, 6.45) is 1.53. The largest absolute Gasteiger partial charge is 0.464 e. The number of ether oxygens (including phenoxy) is 1. The minimum Gasteiger partial charge on any atom is -0.464 e. The molecule has 3 aromatic carbocycles. The van der Waals surface area contributed by atoms with Gasteiger partial charge in [0.15, 0.2) is 5.69 Å². The number of H-pyrrole nitrogens is 1. The summed E-state index contributed by atoms with van der Waals surface area (Å²) in [6, 6.07) is 21.0. The smallest absolute Gasteiger partial charge is 0.330 e. The van der Waals surface area contributed by atoms with Crippen molar-refractivity contribution in [3.8, 4) is 0 Å². The zero-order valence-corrected chi connectivity index (χ0v) is 20.3. The fourth-order valence-electron chi connectivity index (χ4n) is 4.56. The molecule has 5 aromatic rings. The summed E-state index contributed by atoms with van der Waals surface area (Å²) in [5, 5.41) is 2.84. The van der Waals surface area contributed by atoms with Gasteiger partial charge in [-0.1, -0.05) is 60.7 Å². The SMILES string of the molecule is COCCn1c(N)c(N(Cc2ccccc2)C(=O)Cc2coc3ccc4ccccc4c23)c(=O)[nH]c1=O. The third kappa shape index (κ3) is 4.64. The number of nitrogens with two attached hydrogens (primary N) is 1. The average Bonchev–Trinajstić information content (AvgIpc) is 3.31. The lowest BCUT2D eigenvalue weighted by Gasteiger charge is -2.24. The molecule has 0 atom stereocenters. The highest BCUT2D eigenvalue weighted by Gasteiger charge is 2.26. The van der Waals surface area contributed by atoms with Crippen molar-refractivity contribution < 1.29 is 13.9 Å². The van der Waals surface area contributed by atoms with Crippen LogP contribution in [0.4, 0.5) is 11.5 Å². The van der Waals surface area contributed by atoms with E-state index in [4.69, 9.17) is 14.9 Å². The standard InChI is InChI=1S/C28H26N4O5/c1-36-14-13-31-26(29)25(27(34)30-28(31)35)32(16-18-7-3-2-4-8-18)23(33)15-20-17-37-22-12-11-19-9-5-6-10-21(19)24(20)22/h2-12,17H,13-16,29H2,1H3,(H,30,34,35). The maximum absolute atomic E-state index is 13.9. The summed E-state index contributed by atoms with van der Waals surface area (Å²) in [6.45, 7) is 0.416. The topological polar surface area (TPSA) is 124 Å². The molecule has 0 aliphatic carbocycles. The number of nitrogen functional groups attached to an aromatic ring is 1. The Bertz CT molecular complexity index is 1700. The Hall–Kier alpha value is -4.63. The van der Waals surface area contributed by atoms with Crippen molar-refractivity contribution in [2.45, 2.75) is 19.5 Å². The van der Waals surface area contributed by atoms with E-state index >= 15 is 0 Å². The Morgan fingerprint density at radius 2 is 1.81 bits per heavy atom. The predicted molar refractivity (Wildman–Crippen MR) is 143 cm³/mol. The van der Waals surface area contributed by atoms with Crippen LogP contribution in [0.5, 0.6) is 0 Å². The number of benzene rings is 3. The van der Waals surface area contributed by atoms with Crippen molar-refractivity contribution in [2.75, 3.05) is 24.4 Å². The van der Waals surface area contributed by atoms with E-state index in [1.54, 1.807) is 6.26 Å². The molecule has 0 spiro atoms.